The Hall–Kier alpha value is -1.61. The number of nitrogens with two attached hydrogens (primary N) is 1. The highest BCUT2D eigenvalue weighted by atomic mass is 19.4. The van der Waals surface area contributed by atoms with Gasteiger partial charge < -0.3 is 14.9 Å². The first-order chi connectivity index (χ1) is 8.44. The van der Waals surface area contributed by atoms with Crippen molar-refractivity contribution in [3.8, 4) is 5.88 Å². The predicted octanol–water partition coefficient (Wildman–Crippen LogP) is 1.24. The summed E-state index contributed by atoms with van der Waals surface area (Å²) in [4.78, 5) is 7.79. The zero-order valence-corrected chi connectivity index (χ0v) is 9.62. The number of nitrogen functional groups attached to an aromatic ring is 1. The molecule has 1 rings (SSSR count). The van der Waals surface area contributed by atoms with E-state index in [9.17, 15) is 13.2 Å². The zero-order valence-electron chi connectivity index (χ0n) is 9.62. The van der Waals surface area contributed by atoms with Crippen molar-refractivity contribution in [1.29, 1.82) is 0 Å². The molecule has 0 radical (unpaired) electrons. The molecule has 1 heterocycles. The van der Waals surface area contributed by atoms with Crippen molar-refractivity contribution in [1.82, 2.24) is 9.97 Å². The van der Waals surface area contributed by atoms with E-state index in [1.54, 1.807) is 0 Å². The fourth-order valence-electron chi connectivity index (χ4n) is 1.09. The van der Waals surface area contributed by atoms with Crippen LogP contribution in [0.1, 0.15) is 12.2 Å². The van der Waals surface area contributed by atoms with Gasteiger partial charge in [-0.25, -0.2) is 10.8 Å². The van der Waals surface area contributed by atoms with E-state index in [0.29, 0.717) is 0 Å². The van der Waals surface area contributed by atoms with Crippen LogP contribution in [-0.4, -0.2) is 29.9 Å². The average Bonchev–Trinajstić information content (AvgIpc) is 2.27. The summed E-state index contributed by atoms with van der Waals surface area (Å²) in [6.07, 6.45) is -5.32. The fraction of sp³-hybridized carbons (Fsp3) is 0.556. The second-order valence-corrected chi connectivity index (χ2v) is 3.30. The molecule has 0 bridgehead atoms. The van der Waals surface area contributed by atoms with Gasteiger partial charge in [-0.2, -0.15) is 18.2 Å². The lowest BCUT2D eigenvalue weighted by molar-refractivity contribution is -0.139. The molecule has 102 valence electrons. The fourth-order valence-corrected chi connectivity index (χ4v) is 1.09. The molecule has 0 fully saturated rings. The molecule has 0 saturated carbocycles. The van der Waals surface area contributed by atoms with Crippen molar-refractivity contribution in [3.63, 3.8) is 0 Å². The number of alkyl halides is 3. The number of methoxy groups -OCH3 is 1. The van der Waals surface area contributed by atoms with Gasteiger partial charge in [-0.15, -0.1) is 0 Å². The number of hydrazine groups is 1. The van der Waals surface area contributed by atoms with E-state index in [2.05, 4.69) is 15.4 Å². The van der Waals surface area contributed by atoms with Gasteiger partial charge in [0.15, 0.2) is 5.82 Å². The highest BCUT2D eigenvalue weighted by Crippen LogP contribution is 2.20. The molecule has 18 heavy (non-hydrogen) atoms. The van der Waals surface area contributed by atoms with Crippen LogP contribution in [0.15, 0.2) is 6.07 Å². The highest BCUT2D eigenvalue weighted by Gasteiger charge is 2.27. The molecule has 1 aromatic rings. The number of rotatable bonds is 6. The van der Waals surface area contributed by atoms with Crippen LogP contribution >= 0.6 is 0 Å². The van der Waals surface area contributed by atoms with Gasteiger partial charge >= 0.3 is 6.18 Å². The maximum absolute atomic E-state index is 11.9. The van der Waals surface area contributed by atoms with E-state index in [4.69, 9.17) is 15.3 Å². The van der Waals surface area contributed by atoms with Crippen LogP contribution < -0.4 is 16.0 Å². The van der Waals surface area contributed by atoms with Crippen LogP contribution in [0, 0.1) is 0 Å². The van der Waals surface area contributed by atoms with Crippen LogP contribution in [0.3, 0.4) is 0 Å². The quantitative estimate of drug-likeness (QED) is 0.595. The lowest BCUT2D eigenvalue weighted by atomic mass is 10.4. The third-order valence-corrected chi connectivity index (χ3v) is 1.81. The van der Waals surface area contributed by atoms with Crippen LogP contribution in [0.5, 0.6) is 5.88 Å². The minimum absolute atomic E-state index is 0.00856. The molecule has 3 N–H and O–H groups in total. The molecule has 6 nitrogen and oxygen atoms in total. The lowest BCUT2D eigenvalue weighted by Crippen LogP contribution is -2.15. The van der Waals surface area contributed by atoms with Gasteiger partial charge in [0.25, 0.3) is 0 Å². The van der Waals surface area contributed by atoms with Crippen LogP contribution in [0.2, 0.25) is 0 Å². The molecule has 0 aliphatic heterocycles. The molecule has 0 aliphatic rings. The Kier molecular flexibility index (Phi) is 5.10. The number of ether oxygens (including phenoxy) is 2. The second-order valence-electron chi connectivity index (χ2n) is 3.30. The number of halogens is 3. The normalized spacial score (nSPS) is 11.4. The van der Waals surface area contributed by atoms with Gasteiger partial charge in [0.2, 0.25) is 5.88 Å². The summed E-state index contributed by atoms with van der Waals surface area (Å²) in [5, 5.41) is 0. The highest BCUT2D eigenvalue weighted by molar-refractivity contribution is 5.36. The molecule has 1 aromatic heterocycles. The van der Waals surface area contributed by atoms with E-state index >= 15 is 0 Å². The SMILES string of the molecule is COCc1nc(NN)cc(OCCC(F)(F)F)n1. The lowest BCUT2D eigenvalue weighted by Gasteiger charge is -2.10. The minimum Gasteiger partial charge on any atom is -0.477 e. The molecule has 0 atom stereocenters. The average molecular weight is 266 g/mol. The second kappa shape index (κ2) is 6.36. The van der Waals surface area contributed by atoms with Crippen molar-refractivity contribution in [3.05, 3.63) is 11.9 Å². The predicted molar refractivity (Wildman–Crippen MR) is 56.7 cm³/mol. The molecule has 0 amide bonds. The number of nitrogens with zero attached hydrogens (tertiary/aromatic N) is 2. The number of aromatic nitrogens is 2. The summed E-state index contributed by atoms with van der Waals surface area (Å²) < 4.78 is 45.5. The molecular formula is C9H13F3N4O2. The molecular weight excluding hydrogens is 253 g/mol. The van der Waals surface area contributed by atoms with Gasteiger partial charge in [-0.1, -0.05) is 0 Å². The minimum atomic E-state index is -4.27. The summed E-state index contributed by atoms with van der Waals surface area (Å²) in [5.74, 6) is 5.67. The maximum Gasteiger partial charge on any atom is 0.392 e. The first kappa shape index (κ1) is 14.5. The first-order valence-electron chi connectivity index (χ1n) is 4.97. The van der Waals surface area contributed by atoms with E-state index < -0.39 is 19.2 Å². The topological polar surface area (TPSA) is 82.3 Å². The van der Waals surface area contributed by atoms with Gasteiger partial charge in [-0.05, 0) is 0 Å². The Morgan fingerprint density at radius 3 is 2.67 bits per heavy atom. The van der Waals surface area contributed by atoms with Crippen molar-refractivity contribution >= 4 is 5.82 Å². The molecule has 0 spiro atoms. The third-order valence-electron chi connectivity index (χ3n) is 1.81. The van der Waals surface area contributed by atoms with Gasteiger partial charge in [0.1, 0.15) is 12.4 Å². The van der Waals surface area contributed by atoms with Crippen molar-refractivity contribution < 1.29 is 22.6 Å². The van der Waals surface area contributed by atoms with Crippen molar-refractivity contribution in [2.75, 3.05) is 19.1 Å². The molecule has 9 heteroatoms. The Morgan fingerprint density at radius 2 is 2.11 bits per heavy atom. The third kappa shape index (κ3) is 5.15. The van der Waals surface area contributed by atoms with E-state index in [1.807, 2.05) is 0 Å². The Bertz CT molecular complexity index is 387. The van der Waals surface area contributed by atoms with Crippen LogP contribution in [0.25, 0.3) is 0 Å². The van der Waals surface area contributed by atoms with E-state index in [0.717, 1.165) is 0 Å². The van der Waals surface area contributed by atoms with Gasteiger partial charge in [-0.3, -0.25) is 0 Å². The standard InChI is InChI=1S/C9H13F3N4O2/c1-17-5-7-14-6(16-13)4-8(15-7)18-3-2-9(10,11)12/h4H,2-3,5,13H2,1H3,(H,14,15,16). The molecule has 0 unspecified atom stereocenters. The van der Waals surface area contributed by atoms with E-state index in [1.165, 1.54) is 13.2 Å². The zero-order chi connectivity index (χ0) is 13.6. The largest absolute Gasteiger partial charge is 0.477 e. The number of anilines is 1. The van der Waals surface area contributed by atoms with E-state index in [-0.39, 0.29) is 24.1 Å². The summed E-state index contributed by atoms with van der Waals surface area (Å²) in [7, 11) is 1.44. The van der Waals surface area contributed by atoms with Gasteiger partial charge in [0, 0.05) is 13.2 Å². The first-order valence-corrected chi connectivity index (χ1v) is 4.97. The molecule has 0 aromatic carbocycles. The van der Waals surface area contributed by atoms with Crippen LogP contribution in [-0.2, 0) is 11.3 Å². The Labute approximate surface area is 101 Å². The van der Waals surface area contributed by atoms with Crippen molar-refractivity contribution in [2.24, 2.45) is 5.84 Å². The summed E-state index contributed by atoms with van der Waals surface area (Å²) >= 11 is 0. The number of hydrogen-bond donors (Lipinski definition) is 2. The smallest absolute Gasteiger partial charge is 0.392 e. The van der Waals surface area contributed by atoms with Crippen LogP contribution in [0.4, 0.5) is 19.0 Å². The molecule has 0 saturated heterocycles. The van der Waals surface area contributed by atoms with Crippen molar-refractivity contribution in [2.45, 2.75) is 19.2 Å². The van der Waals surface area contributed by atoms with Gasteiger partial charge in [0.05, 0.1) is 13.0 Å². The maximum atomic E-state index is 11.9. The monoisotopic (exact) mass is 266 g/mol. The Morgan fingerprint density at radius 1 is 1.39 bits per heavy atom. The number of hydrogen-bond acceptors (Lipinski definition) is 6. The summed E-state index contributed by atoms with van der Waals surface area (Å²) in [5.41, 5.74) is 2.26. The molecule has 0 aliphatic carbocycles. The summed E-state index contributed by atoms with van der Waals surface area (Å²) in [6.45, 7) is -0.415. The summed E-state index contributed by atoms with van der Waals surface area (Å²) in [6, 6.07) is 1.30. The Balaban J connectivity index is 2.66. The number of nitrogens with one attached hydrogen (secondary N) is 1.